The van der Waals surface area contributed by atoms with Gasteiger partial charge in [-0.05, 0) is 47.7 Å². The Morgan fingerprint density at radius 3 is 2.57 bits per heavy atom. The van der Waals surface area contributed by atoms with Crippen LogP contribution < -0.4 is 0 Å². The fraction of sp³-hybridized carbons (Fsp3) is 0.400. The molecule has 1 saturated carbocycles. The molecule has 0 spiro atoms. The highest BCUT2D eigenvalue weighted by molar-refractivity contribution is 6.84. The van der Waals surface area contributed by atoms with Crippen LogP contribution in [-0.4, -0.2) is 30.0 Å². The van der Waals surface area contributed by atoms with Crippen molar-refractivity contribution in [2.24, 2.45) is 0 Å². The minimum Gasteiger partial charge on any atom is -0.385 e. The zero-order valence-corrected chi connectivity index (χ0v) is 15.1. The first-order valence-corrected chi connectivity index (χ1v) is 11.8. The Morgan fingerprint density at radius 2 is 1.91 bits per heavy atom. The summed E-state index contributed by atoms with van der Waals surface area (Å²) in [7, 11) is -1.73. The molecule has 0 bridgehead atoms. The highest BCUT2D eigenvalue weighted by Gasteiger charge is 2.55. The van der Waals surface area contributed by atoms with Crippen LogP contribution in [0.4, 0.5) is 0 Å². The van der Waals surface area contributed by atoms with E-state index in [9.17, 15) is 10.2 Å². The maximum atomic E-state index is 10.7. The Balaban J connectivity index is 2.08. The van der Waals surface area contributed by atoms with Crippen molar-refractivity contribution in [1.29, 1.82) is 0 Å². The molecule has 0 aromatic heterocycles. The van der Waals surface area contributed by atoms with Crippen LogP contribution in [0.15, 0.2) is 52.8 Å². The molecule has 0 heterocycles. The fourth-order valence-corrected chi connectivity index (χ4v) is 4.97. The van der Waals surface area contributed by atoms with E-state index in [1.54, 1.807) is 0 Å². The van der Waals surface area contributed by atoms with Crippen molar-refractivity contribution in [2.75, 3.05) is 0 Å². The lowest BCUT2D eigenvalue weighted by Crippen LogP contribution is -2.58. The normalized spacial score (nSPS) is 28.7. The van der Waals surface area contributed by atoms with Gasteiger partial charge in [0.05, 0.1) is 8.07 Å². The highest BCUT2D eigenvalue weighted by atomic mass is 28.3. The van der Waals surface area contributed by atoms with Gasteiger partial charge in [0.2, 0.25) is 0 Å². The molecule has 2 aliphatic carbocycles. The van der Waals surface area contributed by atoms with Crippen molar-refractivity contribution in [1.82, 2.24) is 0 Å². The number of aliphatic hydroxyl groups is 2. The Bertz CT molecular complexity index is 728. The number of rotatable bonds is 1. The third-order valence-electron chi connectivity index (χ3n) is 4.72. The first-order chi connectivity index (χ1) is 10.8. The van der Waals surface area contributed by atoms with E-state index in [0.717, 1.165) is 34.7 Å². The van der Waals surface area contributed by atoms with Gasteiger partial charge in [-0.25, -0.2) is 0 Å². The lowest BCUT2D eigenvalue weighted by Gasteiger charge is -2.51. The Labute approximate surface area is 139 Å². The molecular formula is C20H24O2Si. The number of allylic oxidation sites excluding steroid dienone is 2. The summed E-state index contributed by atoms with van der Waals surface area (Å²) in [6.07, 6.45) is 3.85. The first-order valence-electron chi connectivity index (χ1n) is 8.27. The smallest absolute Gasteiger partial charge is 0.120 e. The van der Waals surface area contributed by atoms with E-state index in [0.29, 0.717) is 6.42 Å². The number of fused-ring (bicyclic) bond motifs is 1. The molecule has 2 N–H and O–H groups in total. The van der Waals surface area contributed by atoms with Crippen molar-refractivity contribution in [3.8, 4) is 11.8 Å². The maximum absolute atomic E-state index is 10.7. The van der Waals surface area contributed by atoms with E-state index >= 15 is 0 Å². The third-order valence-corrected chi connectivity index (χ3v) is 6.61. The second-order valence-electron chi connectivity index (χ2n) is 7.49. The topological polar surface area (TPSA) is 40.5 Å². The zero-order chi connectivity index (χ0) is 16.7. The maximum Gasteiger partial charge on any atom is 0.120 e. The molecule has 1 aromatic rings. The third kappa shape index (κ3) is 2.83. The van der Waals surface area contributed by atoms with Gasteiger partial charge in [-0.3, -0.25) is 0 Å². The van der Waals surface area contributed by atoms with Crippen LogP contribution in [0.1, 0.15) is 24.8 Å². The molecule has 120 valence electrons. The largest absolute Gasteiger partial charge is 0.385 e. The lowest BCUT2D eigenvalue weighted by atomic mass is 9.62. The van der Waals surface area contributed by atoms with Gasteiger partial charge in [0.25, 0.3) is 0 Å². The molecule has 0 radical (unpaired) electrons. The van der Waals surface area contributed by atoms with Crippen LogP contribution in [0.2, 0.25) is 19.6 Å². The van der Waals surface area contributed by atoms with E-state index < -0.39 is 19.8 Å². The molecule has 0 aliphatic heterocycles. The Morgan fingerprint density at radius 1 is 1.22 bits per heavy atom. The number of hydrogen-bond donors (Lipinski definition) is 2. The van der Waals surface area contributed by atoms with Gasteiger partial charge in [0.1, 0.15) is 11.7 Å². The van der Waals surface area contributed by atoms with Crippen LogP contribution in [0, 0.1) is 11.8 Å². The van der Waals surface area contributed by atoms with Gasteiger partial charge in [-0.15, -0.1) is 0 Å². The number of aliphatic hydroxyl groups excluding tert-OH is 1. The minimum absolute atomic E-state index is 0.647. The lowest BCUT2D eigenvalue weighted by molar-refractivity contribution is -0.0701. The summed E-state index contributed by atoms with van der Waals surface area (Å²) >= 11 is 0. The summed E-state index contributed by atoms with van der Waals surface area (Å²) in [4.78, 5) is 0. The standard InChI is InChI=1S/C20H24O2Si/c1-23(2,3)17(13-12-15-9-5-4-6-10-15)18-16-11-7-8-14-20(16,22)19(18)21/h4-6,9-11,19,21-22H,7-8,14H2,1-3H3/b18-17+/t19-,20+/m1/s1. The summed E-state index contributed by atoms with van der Waals surface area (Å²) in [5.41, 5.74) is 1.77. The molecule has 2 aliphatic rings. The number of benzene rings is 1. The van der Waals surface area contributed by atoms with E-state index in [2.05, 4.69) is 37.6 Å². The fourth-order valence-electron chi connectivity index (χ4n) is 3.45. The van der Waals surface area contributed by atoms with E-state index in [4.69, 9.17) is 0 Å². The van der Waals surface area contributed by atoms with Gasteiger partial charge in [-0.1, -0.05) is 55.8 Å². The van der Waals surface area contributed by atoms with Gasteiger partial charge < -0.3 is 10.2 Å². The summed E-state index contributed by atoms with van der Waals surface area (Å²) in [5, 5.41) is 22.3. The average Bonchev–Trinajstić information content (AvgIpc) is 2.52. The quantitative estimate of drug-likeness (QED) is 0.614. The number of hydrogen-bond acceptors (Lipinski definition) is 2. The molecule has 0 unspecified atom stereocenters. The monoisotopic (exact) mass is 324 g/mol. The molecule has 3 rings (SSSR count). The summed E-state index contributed by atoms with van der Waals surface area (Å²) in [6.45, 7) is 6.72. The molecule has 0 amide bonds. The van der Waals surface area contributed by atoms with Crippen LogP contribution in [0.5, 0.6) is 0 Å². The zero-order valence-electron chi connectivity index (χ0n) is 14.1. The molecule has 23 heavy (non-hydrogen) atoms. The molecular weight excluding hydrogens is 300 g/mol. The van der Waals surface area contributed by atoms with Crippen LogP contribution in [0.25, 0.3) is 0 Å². The molecule has 1 fully saturated rings. The second-order valence-corrected chi connectivity index (χ2v) is 12.5. The summed E-state index contributed by atoms with van der Waals surface area (Å²) in [6, 6.07) is 9.92. The van der Waals surface area contributed by atoms with E-state index in [1.807, 2.05) is 30.3 Å². The van der Waals surface area contributed by atoms with Gasteiger partial charge in [0, 0.05) is 5.56 Å². The van der Waals surface area contributed by atoms with Crippen LogP contribution >= 0.6 is 0 Å². The van der Waals surface area contributed by atoms with Crippen LogP contribution in [-0.2, 0) is 0 Å². The van der Waals surface area contributed by atoms with E-state index in [1.165, 1.54) is 0 Å². The van der Waals surface area contributed by atoms with Crippen molar-refractivity contribution < 1.29 is 10.2 Å². The Hall–Kier alpha value is -1.60. The van der Waals surface area contributed by atoms with Crippen molar-refractivity contribution in [3.05, 3.63) is 58.3 Å². The minimum atomic E-state index is -1.73. The van der Waals surface area contributed by atoms with Crippen molar-refractivity contribution in [3.63, 3.8) is 0 Å². The molecule has 3 heteroatoms. The van der Waals surface area contributed by atoms with Gasteiger partial charge >= 0.3 is 0 Å². The average molecular weight is 324 g/mol. The second kappa shape index (κ2) is 5.79. The van der Waals surface area contributed by atoms with Gasteiger partial charge in [0.15, 0.2) is 0 Å². The molecule has 1 aromatic carbocycles. The van der Waals surface area contributed by atoms with Gasteiger partial charge in [-0.2, -0.15) is 0 Å². The SMILES string of the molecule is C[Si](C)(C)/C(C#Cc1ccccc1)=C1\C2=CCCC[C@@]2(O)[C@@H]1O. The summed E-state index contributed by atoms with van der Waals surface area (Å²) < 4.78 is 0. The Kier molecular flexibility index (Phi) is 4.10. The predicted molar refractivity (Wildman–Crippen MR) is 96.6 cm³/mol. The highest BCUT2D eigenvalue weighted by Crippen LogP contribution is 2.51. The molecule has 0 saturated heterocycles. The predicted octanol–water partition coefficient (Wildman–Crippen LogP) is 3.43. The van der Waals surface area contributed by atoms with Crippen LogP contribution in [0.3, 0.4) is 0 Å². The molecule has 2 nitrogen and oxygen atoms in total. The van der Waals surface area contributed by atoms with Crippen molar-refractivity contribution >= 4 is 8.07 Å². The van der Waals surface area contributed by atoms with Crippen molar-refractivity contribution in [2.45, 2.75) is 50.6 Å². The van der Waals surface area contributed by atoms with E-state index in [-0.39, 0.29) is 0 Å². The first kappa shape index (κ1) is 16.3. The summed E-state index contributed by atoms with van der Waals surface area (Å²) in [5.74, 6) is 6.57. The molecule has 2 atom stereocenters.